The molecule has 2 saturated carbocycles. The van der Waals surface area contributed by atoms with E-state index in [1.165, 1.54) is 50.6 Å². The maximum absolute atomic E-state index is 6.07. The molecular weight excluding hydrogens is 234 g/mol. The summed E-state index contributed by atoms with van der Waals surface area (Å²) in [5.74, 6) is 0.834. The van der Waals surface area contributed by atoms with Gasteiger partial charge in [-0.05, 0) is 56.0 Å². The molecule has 0 bridgehead atoms. The molecule has 0 saturated heterocycles. The molecule has 19 heavy (non-hydrogen) atoms. The fourth-order valence-corrected chi connectivity index (χ4v) is 4.14. The summed E-state index contributed by atoms with van der Waals surface area (Å²) in [6.45, 7) is 3.17. The summed E-state index contributed by atoms with van der Waals surface area (Å²) in [5, 5.41) is 4.83. The molecule has 3 nitrogen and oxygen atoms in total. The van der Waals surface area contributed by atoms with Gasteiger partial charge in [0.15, 0.2) is 0 Å². The van der Waals surface area contributed by atoms with Crippen LogP contribution in [0, 0.1) is 11.3 Å². The molecule has 1 heterocycles. The van der Waals surface area contributed by atoms with Gasteiger partial charge in [0, 0.05) is 6.20 Å². The first-order valence-electron chi connectivity index (χ1n) is 7.95. The van der Waals surface area contributed by atoms with Crippen molar-refractivity contribution in [3.05, 3.63) is 18.0 Å². The summed E-state index contributed by atoms with van der Waals surface area (Å²) in [7, 11) is 0. The molecule has 2 atom stereocenters. The Morgan fingerprint density at radius 1 is 1.37 bits per heavy atom. The van der Waals surface area contributed by atoms with Crippen LogP contribution in [0.2, 0.25) is 0 Å². The van der Waals surface area contributed by atoms with Gasteiger partial charge in [-0.1, -0.05) is 26.2 Å². The lowest BCUT2D eigenvalue weighted by Crippen LogP contribution is -2.30. The monoisotopic (exact) mass is 261 g/mol. The summed E-state index contributed by atoms with van der Waals surface area (Å²) in [4.78, 5) is 0. The Hall–Kier alpha value is -0.830. The molecule has 0 spiro atoms. The number of aromatic nitrogens is 2. The van der Waals surface area contributed by atoms with E-state index in [-0.39, 0.29) is 0 Å². The quantitative estimate of drug-likeness (QED) is 0.903. The van der Waals surface area contributed by atoms with Gasteiger partial charge in [0.25, 0.3) is 0 Å². The number of nitrogens with zero attached hydrogens (tertiary/aromatic N) is 2. The van der Waals surface area contributed by atoms with E-state index in [1.807, 2.05) is 0 Å². The van der Waals surface area contributed by atoms with E-state index in [0.29, 0.717) is 11.5 Å². The topological polar surface area (TPSA) is 43.8 Å². The molecule has 0 aliphatic heterocycles. The Kier molecular flexibility index (Phi) is 3.66. The van der Waals surface area contributed by atoms with Crippen molar-refractivity contribution in [1.82, 2.24) is 9.78 Å². The maximum Gasteiger partial charge on any atom is 0.0630 e. The van der Waals surface area contributed by atoms with Gasteiger partial charge in [-0.3, -0.25) is 4.68 Å². The average Bonchev–Trinajstić information content (AvgIpc) is 3.11. The lowest BCUT2D eigenvalue weighted by molar-refractivity contribution is 0.291. The van der Waals surface area contributed by atoms with Crippen molar-refractivity contribution < 1.29 is 0 Å². The molecule has 0 aromatic carbocycles. The van der Waals surface area contributed by atoms with Crippen LogP contribution in [-0.4, -0.2) is 16.3 Å². The predicted molar refractivity (Wildman–Crippen MR) is 77.9 cm³/mol. The third-order valence-corrected chi connectivity index (χ3v) is 5.30. The van der Waals surface area contributed by atoms with Crippen LogP contribution in [0.3, 0.4) is 0 Å². The second-order valence-corrected chi connectivity index (χ2v) is 6.95. The Labute approximate surface area is 116 Å². The van der Waals surface area contributed by atoms with Gasteiger partial charge in [-0.2, -0.15) is 5.10 Å². The summed E-state index contributed by atoms with van der Waals surface area (Å²) >= 11 is 0. The minimum absolute atomic E-state index is 0.328. The zero-order valence-corrected chi connectivity index (χ0v) is 12.1. The van der Waals surface area contributed by atoms with E-state index in [9.17, 15) is 0 Å². The molecule has 2 aliphatic rings. The van der Waals surface area contributed by atoms with Gasteiger partial charge in [-0.15, -0.1) is 0 Å². The molecular formula is C16H27N3. The van der Waals surface area contributed by atoms with Crippen molar-refractivity contribution in [3.63, 3.8) is 0 Å². The Morgan fingerprint density at radius 3 is 2.79 bits per heavy atom. The van der Waals surface area contributed by atoms with E-state index >= 15 is 0 Å². The van der Waals surface area contributed by atoms with Crippen LogP contribution in [0.15, 0.2) is 12.3 Å². The Bertz CT molecular complexity index is 419. The third-order valence-electron chi connectivity index (χ3n) is 5.30. The SMILES string of the molecule is CC1CCC(CN)(Cc2ccn(C3CCCC3)n2)C1. The van der Waals surface area contributed by atoms with Crippen LogP contribution < -0.4 is 5.73 Å². The standard InChI is InChI=1S/C16H27N3/c1-13-6-8-16(10-13,12-17)11-14-7-9-19(18-14)15-4-2-3-5-15/h7,9,13,15H,2-6,8,10-12,17H2,1H3. The molecule has 3 rings (SSSR count). The van der Waals surface area contributed by atoms with Crippen molar-refractivity contribution in [1.29, 1.82) is 0 Å². The van der Waals surface area contributed by atoms with Crippen LogP contribution >= 0.6 is 0 Å². The molecule has 3 heteroatoms. The largest absolute Gasteiger partial charge is 0.330 e. The number of rotatable bonds is 4. The highest BCUT2D eigenvalue weighted by molar-refractivity contribution is 5.06. The van der Waals surface area contributed by atoms with Crippen molar-refractivity contribution in [3.8, 4) is 0 Å². The summed E-state index contributed by atoms with van der Waals surface area (Å²) < 4.78 is 2.21. The minimum Gasteiger partial charge on any atom is -0.330 e. The van der Waals surface area contributed by atoms with E-state index in [0.717, 1.165) is 18.9 Å². The number of nitrogens with two attached hydrogens (primary N) is 1. The molecule has 2 aliphatic carbocycles. The zero-order valence-electron chi connectivity index (χ0n) is 12.1. The Morgan fingerprint density at radius 2 is 2.16 bits per heavy atom. The molecule has 0 amide bonds. The summed E-state index contributed by atoms with van der Waals surface area (Å²) in [5.41, 5.74) is 7.66. The van der Waals surface area contributed by atoms with Crippen LogP contribution in [0.25, 0.3) is 0 Å². The van der Waals surface area contributed by atoms with Gasteiger partial charge >= 0.3 is 0 Å². The fourth-order valence-electron chi connectivity index (χ4n) is 4.14. The molecule has 1 aromatic rings. The van der Waals surface area contributed by atoms with Crippen LogP contribution in [0.5, 0.6) is 0 Å². The molecule has 106 valence electrons. The second-order valence-electron chi connectivity index (χ2n) is 6.95. The van der Waals surface area contributed by atoms with Gasteiger partial charge in [0.05, 0.1) is 11.7 Å². The molecule has 0 radical (unpaired) electrons. The first-order chi connectivity index (χ1) is 9.21. The lowest BCUT2D eigenvalue weighted by atomic mass is 9.81. The van der Waals surface area contributed by atoms with Gasteiger partial charge in [0.1, 0.15) is 0 Å². The highest BCUT2D eigenvalue weighted by Gasteiger charge is 2.36. The second kappa shape index (κ2) is 5.28. The van der Waals surface area contributed by atoms with Gasteiger partial charge < -0.3 is 5.73 Å². The van der Waals surface area contributed by atoms with Crippen LogP contribution in [0.1, 0.15) is 63.6 Å². The van der Waals surface area contributed by atoms with Crippen molar-refractivity contribution >= 4 is 0 Å². The first-order valence-corrected chi connectivity index (χ1v) is 7.95. The molecule has 2 N–H and O–H groups in total. The van der Waals surface area contributed by atoms with E-state index < -0.39 is 0 Å². The first kappa shape index (κ1) is 13.2. The van der Waals surface area contributed by atoms with Crippen molar-refractivity contribution in [2.45, 2.75) is 64.3 Å². The van der Waals surface area contributed by atoms with Gasteiger partial charge in [-0.25, -0.2) is 0 Å². The van der Waals surface area contributed by atoms with Crippen LogP contribution in [0.4, 0.5) is 0 Å². The molecule has 1 aromatic heterocycles. The third kappa shape index (κ3) is 2.71. The average molecular weight is 261 g/mol. The van der Waals surface area contributed by atoms with Crippen LogP contribution in [-0.2, 0) is 6.42 Å². The van der Waals surface area contributed by atoms with E-state index in [4.69, 9.17) is 10.8 Å². The smallest absolute Gasteiger partial charge is 0.0630 e. The fraction of sp³-hybridized carbons (Fsp3) is 0.812. The summed E-state index contributed by atoms with van der Waals surface area (Å²) in [6, 6.07) is 2.88. The number of hydrogen-bond donors (Lipinski definition) is 1. The maximum atomic E-state index is 6.07. The van der Waals surface area contributed by atoms with E-state index in [2.05, 4.69) is 23.9 Å². The lowest BCUT2D eigenvalue weighted by Gasteiger charge is -2.26. The highest BCUT2D eigenvalue weighted by atomic mass is 15.3. The zero-order chi connectivity index (χ0) is 13.3. The number of hydrogen-bond acceptors (Lipinski definition) is 2. The normalized spacial score (nSPS) is 32.2. The van der Waals surface area contributed by atoms with Crippen molar-refractivity contribution in [2.75, 3.05) is 6.54 Å². The Balaban J connectivity index is 1.69. The van der Waals surface area contributed by atoms with E-state index in [1.54, 1.807) is 0 Å². The van der Waals surface area contributed by atoms with Crippen molar-refractivity contribution in [2.24, 2.45) is 17.1 Å². The molecule has 2 fully saturated rings. The predicted octanol–water partition coefficient (Wildman–Crippen LogP) is 3.31. The minimum atomic E-state index is 0.328. The molecule has 2 unspecified atom stereocenters. The highest BCUT2D eigenvalue weighted by Crippen LogP contribution is 2.43. The summed E-state index contributed by atoms with van der Waals surface area (Å²) in [6.07, 6.45) is 12.5. The van der Waals surface area contributed by atoms with Gasteiger partial charge in [0.2, 0.25) is 0 Å².